The number of methoxy groups -OCH3 is 2. The number of ether oxygens (including phenoxy) is 2. The number of hydrogen-bond acceptors (Lipinski definition) is 4. The fourth-order valence-corrected chi connectivity index (χ4v) is 2.51. The van der Waals surface area contributed by atoms with E-state index in [-0.39, 0.29) is 5.91 Å². The summed E-state index contributed by atoms with van der Waals surface area (Å²) in [4.78, 5) is 14.1. The highest BCUT2D eigenvalue weighted by atomic mass is 16.5. The molecule has 0 saturated carbocycles. The molecule has 1 aliphatic heterocycles. The molecule has 1 aliphatic rings. The van der Waals surface area contributed by atoms with Gasteiger partial charge in [-0.3, -0.25) is 9.69 Å². The molecule has 1 fully saturated rings. The Bertz CT molecular complexity index is 439. The van der Waals surface area contributed by atoms with Gasteiger partial charge in [0.2, 0.25) is 5.91 Å². The number of hydrogen-bond donors (Lipinski definition) is 1. The van der Waals surface area contributed by atoms with E-state index in [2.05, 4.69) is 10.2 Å². The van der Waals surface area contributed by atoms with Gasteiger partial charge in [0.1, 0.15) is 5.75 Å². The van der Waals surface area contributed by atoms with E-state index in [1.54, 1.807) is 14.2 Å². The summed E-state index contributed by atoms with van der Waals surface area (Å²) in [5.41, 5.74) is 1.07. The molecule has 2 rings (SSSR count). The maximum Gasteiger partial charge on any atom is 0.234 e. The number of carbonyl (C=O) groups excluding carboxylic acids is 1. The first-order chi connectivity index (χ1) is 10.2. The molecule has 1 N–H and O–H groups in total. The molecule has 0 unspecified atom stereocenters. The Morgan fingerprint density at radius 1 is 1.24 bits per heavy atom. The summed E-state index contributed by atoms with van der Waals surface area (Å²) >= 11 is 0. The van der Waals surface area contributed by atoms with E-state index in [1.165, 1.54) is 0 Å². The van der Waals surface area contributed by atoms with E-state index in [0.717, 1.165) is 37.2 Å². The van der Waals surface area contributed by atoms with Gasteiger partial charge in [0, 0.05) is 26.7 Å². The van der Waals surface area contributed by atoms with Crippen LogP contribution >= 0.6 is 0 Å². The van der Waals surface area contributed by atoms with Crippen LogP contribution in [-0.2, 0) is 16.1 Å². The monoisotopic (exact) mass is 292 g/mol. The minimum Gasteiger partial charge on any atom is -0.497 e. The van der Waals surface area contributed by atoms with Crippen LogP contribution in [0.1, 0.15) is 18.4 Å². The van der Waals surface area contributed by atoms with Gasteiger partial charge in [-0.1, -0.05) is 12.1 Å². The standard InChI is InChI=1S/C16H24N2O3/c1-20-14-5-3-13(4-6-14)11-17-16(19)12-18-9-7-15(21-2)8-10-18/h3-6,15H,7-12H2,1-2H3,(H,17,19). The van der Waals surface area contributed by atoms with Crippen molar-refractivity contribution in [3.05, 3.63) is 29.8 Å². The van der Waals surface area contributed by atoms with Crippen LogP contribution in [-0.4, -0.2) is 50.8 Å². The first kappa shape index (κ1) is 15.8. The zero-order valence-electron chi connectivity index (χ0n) is 12.8. The second kappa shape index (κ2) is 8.00. The molecule has 1 saturated heterocycles. The largest absolute Gasteiger partial charge is 0.497 e. The second-order valence-corrected chi connectivity index (χ2v) is 5.34. The fourth-order valence-electron chi connectivity index (χ4n) is 2.51. The first-order valence-electron chi connectivity index (χ1n) is 7.36. The minimum absolute atomic E-state index is 0.0710. The molecule has 5 nitrogen and oxygen atoms in total. The van der Waals surface area contributed by atoms with E-state index < -0.39 is 0 Å². The third-order valence-electron chi connectivity index (χ3n) is 3.88. The molecule has 1 heterocycles. The van der Waals surface area contributed by atoms with Crippen LogP contribution in [0.15, 0.2) is 24.3 Å². The van der Waals surface area contributed by atoms with Crippen molar-refractivity contribution in [1.82, 2.24) is 10.2 Å². The van der Waals surface area contributed by atoms with E-state index in [4.69, 9.17) is 9.47 Å². The maximum atomic E-state index is 12.0. The van der Waals surface area contributed by atoms with Crippen LogP contribution in [0, 0.1) is 0 Å². The Labute approximate surface area is 126 Å². The topological polar surface area (TPSA) is 50.8 Å². The number of likely N-dealkylation sites (tertiary alicyclic amines) is 1. The first-order valence-corrected chi connectivity index (χ1v) is 7.36. The lowest BCUT2D eigenvalue weighted by molar-refractivity contribution is -0.123. The third-order valence-corrected chi connectivity index (χ3v) is 3.88. The average molecular weight is 292 g/mol. The molecule has 0 atom stereocenters. The second-order valence-electron chi connectivity index (χ2n) is 5.34. The Hall–Kier alpha value is -1.59. The smallest absolute Gasteiger partial charge is 0.234 e. The zero-order chi connectivity index (χ0) is 15.1. The van der Waals surface area contributed by atoms with Gasteiger partial charge in [0.05, 0.1) is 19.8 Å². The summed E-state index contributed by atoms with van der Waals surface area (Å²) < 4.78 is 10.4. The predicted molar refractivity (Wildman–Crippen MR) is 81.3 cm³/mol. The molecular weight excluding hydrogens is 268 g/mol. The number of rotatable bonds is 6. The van der Waals surface area contributed by atoms with E-state index >= 15 is 0 Å². The molecular formula is C16H24N2O3. The van der Waals surface area contributed by atoms with Gasteiger partial charge >= 0.3 is 0 Å². The van der Waals surface area contributed by atoms with Gasteiger partial charge in [-0.25, -0.2) is 0 Å². The van der Waals surface area contributed by atoms with Gasteiger partial charge in [-0.2, -0.15) is 0 Å². The number of nitrogens with one attached hydrogen (secondary N) is 1. The van der Waals surface area contributed by atoms with Crippen LogP contribution in [0.2, 0.25) is 0 Å². The normalized spacial score (nSPS) is 16.7. The van der Waals surface area contributed by atoms with Crippen molar-refractivity contribution in [2.45, 2.75) is 25.5 Å². The number of nitrogens with zero attached hydrogens (tertiary/aromatic N) is 1. The molecule has 5 heteroatoms. The van der Waals surface area contributed by atoms with E-state index in [0.29, 0.717) is 19.2 Å². The third kappa shape index (κ3) is 5.02. The molecule has 0 spiro atoms. The molecule has 0 aliphatic carbocycles. The lowest BCUT2D eigenvalue weighted by atomic mass is 10.1. The van der Waals surface area contributed by atoms with Crippen LogP contribution in [0.3, 0.4) is 0 Å². The Morgan fingerprint density at radius 3 is 2.48 bits per heavy atom. The Balaban J connectivity index is 1.69. The van der Waals surface area contributed by atoms with Crippen molar-refractivity contribution < 1.29 is 14.3 Å². The van der Waals surface area contributed by atoms with Crippen molar-refractivity contribution in [2.24, 2.45) is 0 Å². The summed E-state index contributed by atoms with van der Waals surface area (Å²) in [6.07, 6.45) is 2.36. The Kier molecular flexibility index (Phi) is 6.02. The predicted octanol–water partition coefficient (Wildman–Crippen LogP) is 1.42. The highest BCUT2D eigenvalue weighted by molar-refractivity contribution is 5.78. The van der Waals surface area contributed by atoms with E-state index in [1.807, 2.05) is 24.3 Å². The van der Waals surface area contributed by atoms with Crippen molar-refractivity contribution in [1.29, 1.82) is 0 Å². The number of carbonyl (C=O) groups is 1. The molecule has 116 valence electrons. The highest BCUT2D eigenvalue weighted by Gasteiger charge is 2.20. The Morgan fingerprint density at radius 2 is 1.90 bits per heavy atom. The van der Waals surface area contributed by atoms with Crippen molar-refractivity contribution in [3.8, 4) is 5.75 Å². The highest BCUT2D eigenvalue weighted by Crippen LogP contribution is 2.13. The zero-order valence-corrected chi connectivity index (χ0v) is 12.8. The summed E-state index contributed by atoms with van der Waals surface area (Å²) in [6.45, 7) is 2.87. The van der Waals surface area contributed by atoms with E-state index in [9.17, 15) is 4.79 Å². The maximum absolute atomic E-state index is 12.0. The number of amides is 1. The van der Waals surface area contributed by atoms with Gasteiger partial charge in [-0.15, -0.1) is 0 Å². The molecule has 21 heavy (non-hydrogen) atoms. The molecule has 0 radical (unpaired) electrons. The van der Waals surface area contributed by atoms with Crippen LogP contribution in [0.25, 0.3) is 0 Å². The fraction of sp³-hybridized carbons (Fsp3) is 0.562. The summed E-state index contributed by atoms with van der Waals surface area (Å²) in [7, 11) is 3.39. The molecule has 1 aromatic carbocycles. The average Bonchev–Trinajstić information content (AvgIpc) is 2.54. The molecule has 1 amide bonds. The molecule has 0 bridgehead atoms. The van der Waals surface area contributed by atoms with Gasteiger partial charge in [0.25, 0.3) is 0 Å². The van der Waals surface area contributed by atoms with Crippen LogP contribution in [0.5, 0.6) is 5.75 Å². The quantitative estimate of drug-likeness (QED) is 0.861. The minimum atomic E-state index is 0.0710. The van der Waals surface area contributed by atoms with Crippen LogP contribution < -0.4 is 10.1 Å². The molecule has 1 aromatic rings. The van der Waals surface area contributed by atoms with Gasteiger partial charge in [0.15, 0.2) is 0 Å². The summed E-state index contributed by atoms with van der Waals surface area (Å²) in [5, 5.41) is 2.96. The lowest BCUT2D eigenvalue weighted by Gasteiger charge is -2.30. The SMILES string of the molecule is COc1ccc(CNC(=O)CN2CCC(OC)CC2)cc1. The summed E-state index contributed by atoms with van der Waals surface area (Å²) in [6, 6.07) is 7.72. The van der Waals surface area contributed by atoms with Crippen molar-refractivity contribution in [3.63, 3.8) is 0 Å². The van der Waals surface area contributed by atoms with Gasteiger partial charge < -0.3 is 14.8 Å². The van der Waals surface area contributed by atoms with Crippen molar-refractivity contribution in [2.75, 3.05) is 33.9 Å². The number of piperidine rings is 1. The number of benzene rings is 1. The lowest BCUT2D eigenvalue weighted by Crippen LogP contribution is -2.42. The van der Waals surface area contributed by atoms with Crippen LogP contribution in [0.4, 0.5) is 0 Å². The van der Waals surface area contributed by atoms with Crippen molar-refractivity contribution >= 4 is 5.91 Å². The van der Waals surface area contributed by atoms with Gasteiger partial charge in [-0.05, 0) is 30.5 Å². The molecule has 0 aromatic heterocycles. The summed E-state index contributed by atoms with van der Waals surface area (Å²) in [5.74, 6) is 0.896.